The summed E-state index contributed by atoms with van der Waals surface area (Å²) in [6.07, 6.45) is 4.08. The summed E-state index contributed by atoms with van der Waals surface area (Å²) in [5.41, 5.74) is 5.72. The van der Waals surface area contributed by atoms with Gasteiger partial charge in [0.2, 0.25) is 0 Å². The lowest BCUT2D eigenvalue weighted by atomic mass is 9.90. The Bertz CT molecular complexity index is 271. The highest BCUT2D eigenvalue weighted by atomic mass is 16.3. The van der Waals surface area contributed by atoms with Gasteiger partial charge in [0.25, 0.3) is 0 Å². The highest BCUT2D eigenvalue weighted by Gasteiger charge is 2.27. The fraction of sp³-hybridized carbons (Fsp3) is 0.636. The third kappa shape index (κ3) is 1.83. The Hall–Kier alpha value is -0.800. The molecule has 1 saturated heterocycles. The zero-order chi connectivity index (χ0) is 9.97. The van der Waals surface area contributed by atoms with Crippen LogP contribution in [0.15, 0.2) is 22.8 Å². The van der Waals surface area contributed by atoms with Gasteiger partial charge in [-0.15, -0.1) is 0 Å². The number of nitrogens with two attached hydrogens (primary N) is 1. The van der Waals surface area contributed by atoms with Crippen LogP contribution in [0.2, 0.25) is 0 Å². The Kier molecular flexibility index (Phi) is 2.89. The maximum Gasteiger partial charge on any atom is 0.120 e. The fourth-order valence-electron chi connectivity index (χ4n) is 2.18. The standard InChI is InChI=1S/C11H18N2O/c1-13-5-4-9(8-12)7-10(13)11-3-2-6-14-11/h2-3,6,9-10H,4-5,7-8,12H2,1H3/t9-,10-/m0/s1. The molecule has 0 unspecified atom stereocenters. The first-order valence-electron chi connectivity index (χ1n) is 5.25. The van der Waals surface area contributed by atoms with Gasteiger partial charge in [-0.05, 0) is 51.0 Å². The molecule has 3 heteroatoms. The maximum absolute atomic E-state index is 5.72. The van der Waals surface area contributed by atoms with Crippen LogP contribution < -0.4 is 5.73 Å². The molecule has 0 amide bonds. The molecule has 0 spiro atoms. The van der Waals surface area contributed by atoms with Crippen molar-refractivity contribution in [1.82, 2.24) is 4.90 Å². The van der Waals surface area contributed by atoms with Gasteiger partial charge < -0.3 is 10.2 Å². The first-order valence-corrected chi connectivity index (χ1v) is 5.25. The highest BCUT2D eigenvalue weighted by molar-refractivity contribution is 5.06. The quantitative estimate of drug-likeness (QED) is 0.778. The van der Waals surface area contributed by atoms with Crippen LogP contribution in [-0.2, 0) is 0 Å². The number of piperidine rings is 1. The molecule has 2 atom stereocenters. The summed E-state index contributed by atoms with van der Waals surface area (Å²) in [6.45, 7) is 1.91. The van der Waals surface area contributed by atoms with Crippen LogP contribution in [0.1, 0.15) is 24.6 Å². The number of nitrogens with zero attached hydrogens (tertiary/aromatic N) is 1. The monoisotopic (exact) mass is 194 g/mol. The average molecular weight is 194 g/mol. The van der Waals surface area contributed by atoms with E-state index in [0.717, 1.165) is 25.3 Å². The van der Waals surface area contributed by atoms with Crippen LogP contribution in [0, 0.1) is 5.92 Å². The van der Waals surface area contributed by atoms with E-state index in [1.165, 1.54) is 6.42 Å². The molecule has 2 N–H and O–H groups in total. The molecule has 0 aromatic carbocycles. The molecule has 2 rings (SSSR count). The minimum atomic E-state index is 0.423. The van der Waals surface area contributed by atoms with Crippen molar-refractivity contribution in [3.63, 3.8) is 0 Å². The molecule has 14 heavy (non-hydrogen) atoms. The van der Waals surface area contributed by atoms with E-state index in [1.807, 2.05) is 6.07 Å². The normalized spacial score (nSPS) is 29.3. The first-order chi connectivity index (χ1) is 6.81. The summed E-state index contributed by atoms with van der Waals surface area (Å²) < 4.78 is 5.45. The average Bonchev–Trinajstić information content (AvgIpc) is 2.71. The number of hydrogen-bond acceptors (Lipinski definition) is 3. The molecule has 1 aromatic rings. The Balaban J connectivity index is 2.09. The molecule has 1 aromatic heterocycles. The first kappa shape index (κ1) is 9.74. The molecule has 3 nitrogen and oxygen atoms in total. The van der Waals surface area contributed by atoms with Gasteiger partial charge in [-0.25, -0.2) is 0 Å². The molecule has 0 radical (unpaired) electrons. The summed E-state index contributed by atoms with van der Waals surface area (Å²) in [5, 5.41) is 0. The second-order valence-corrected chi connectivity index (χ2v) is 4.14. The zero-order valence-electron chi connectivity index (χ0n) is 8.65. The summed E-state index contributed by atoms with van der Waals surface area (Å²) in [6, 6.07) is 4.43. The molecule has 1 fully saturated rings. The Labute approximate surface area is 84.9 Å². The summed E-state index contributed by atoms with van der Waals surface area (Å²) in [7, 11) is 2.15. The highest BCUT2D eigenvalue weighted by Crippen LogP contribution is 2.32. The van der Waals surface area contributed by atoms with Gasteiger partial charge in [0.15, 0.2) is 0 Å². The number of rotatable bonds is 2. The van der Waals surface area contributed by atoms with Gasteiger partial charge in [-0.2, -0.15) is 0 Å². The Morgan fingerprint density at radius 2 is 2.50 bits per heavy atom. The molecule has 1 aliphatic heterocycles. The van der Waals surface area contributed by atoms with Crippen molar-refractivity contribution in [2.45, 2.75) is 18.9 Å². The van der Waals surface area contributed by atoms with Gasteiger partial charge in [0, 0.05) is 0 Å². The predicted octanol–water partition coefficient (Wildman–Crippen LogP) is 1.62. The van der Waals surface area contributed by atoms with Crippen molar-refractivity contribution in [1.29, 1.82) is 0 Å². The molecular weight excluding hydrogens is 176 g/mol. The van der Waals surface area contributed by atoms with Crippen LogP contribution in [0.4, 0.5) is 0 Å². The third-order valence-corrected chi connectivity index (χ3v) is 3.18. The predicted molar refractivity (Wildman–Crippen MR) is 55.9 cm³/mol. The third-order valence-electron chi connectivity index (χ3n) is 3.18. The van der Waals surface area contributed by atoms with Crippen LogP contribution in [0.3, 0.4) is 0 Å². The molecule has 0 saturated carbocycles. The Morgan fingerprint density at radius 1 is 1.64 bits per heavy atom. The maximum atomic E-state index is 5.72. The zero-order valence-corrected chi connectivity index (χ0v) is 8.65. The number of furan rings is 1. The largest absolute Gasteiger partial charge is 0.468 e. The van der Waals surface area contributed by atoms with E-state index in [2.05, 4.69) is 18.0 Å². The molecule has 78 valence electrons. The molecule has 0 bridgehead atoms. The van der Waals surface area contributed by atoms with E-state index in [4.69, 9.17) is 10.2 Å². The van der Waals surface area contributed by atoms with E-state index >= 15 is 0 Å². The summed E-state index contributed by atoms with van der Waals surface area (Å²) in [4.78, 5) is 2.35. The SMILES string of the molecule is CN1CC[C@H](CN)C[C@H]1c1ccco1. The lowest BCUT2D eigenvalue weighted by Gasteiger charge is -2.35. The molecule has 0 aliphatic carbocycles. The van der Waals surface area contributed by atoms with E-state index in [-0.39, 0.29) is 0 Å². The van der Waals surface area contributed by atoms with Crippen molar-refractivity contribution in [2.75, 3.05) is 20.1 Å². The van der Waals surface area contributed by atoms with E-state index < -0.39 is 0 Å². The lowest BCUT2D eigenvalue weighted by Crippen LogP contribution is -2.36. The fourth-order valence-corrected chi connectivity index (χ4v) is 2.18. The van der Waals surface area contributed by atoms with Crippen molar-refractivity contribution in [3.8, 4) is 0 Å². The van der Waals surface area contributed by atoms with Crippen molar-refractivity contribution in [3.05, 3.63) is 24.2 Å². The molecular formula is C11H18N2O. The van der Waals surface area contributed by atoms with Crippen molar-refractivity contribution >= 4 is 0 Å². The second kappa shape index (κ2) is 4.15. The second-order valence-electron chi connectivity index (χ2n) is 4.14. The Morgan fingerprint density at radius 3 is 3.14 bits per heavy atom. The minimum absolute atomic E-state index is 0.423. The van der Waals surface area contributed by atoms with Gasteiger partial charge >= 0.3 is 0 Å². The summed E-state index contributed by atoms with van der Waals surface area (Å²) >= 11 is 0. The number of hydrogen-bond donors (Lipinski definition) is 1. The van der Waals surface area contributed by atoms with Gasteiger partial charge in [-0.3, -0.25) is 4.90 Å². The number of likely N-dealkylation sites (tertiary alicyclic amines) is 1. The van der Waals surface area contributed by atoms with Crippen LogP contribution >= 0.6 is 0 Å². The molecule has 1 aliphatic rings. The van der Waals surface area contributed by atoms with Crippen LogP contribution in [0.25, 0.3) is 0 Å². The van der Waals surface area contributed by atoms with E-state index in [1.54, 1.807) is 6.26 Å². The summed E-state index contributed by atoms with van der Waals surface area (Å²) in [5.74, 6) is 1.73. The minimum Gasteiger partial charge on any atom is -0.468 e. The van der Waals surface area contributed by atoms with Gasteiger partial charge in [-0.1, -0.05) is 0 Å². The smallest absolute Gasteiger partial charge is 0.120 e. The van der Waals surface area contributed by atoms with Gasteiger partial charge in [0.1, 0.15) is 5.76 Å². The van der Waals surface area contributed by atoms with E-state index in [0.29, 0.717) is 12.0 Å². The van der Waals surface area contributed by atoms with Crippen molar-refractivity contribution in [2.24, 2.45) is 11.7 Å². The lowest BCUT2D eigenvalue weighted by molar-refractivity contribution is 0.127. The van der Waals surface area contributed by atoms with Gasteiger partial charge in [0.05, 0.1) is 12.3 Å². The van der Waals surface area contributed by atoms with Crippen LogP contribution in [-0.4, -0.2) is 25.0 Å². The topological polar surface area (TPSA) is 42.4 Å². The molecule has 2 heterocycles. The van der Waals surface area contributed by atoms with E-state index in [9.17, 15) is 0 Å². The van der Waals surface area contributed by atoms with Crippen molar-refractivity contribution < 1.29 is 4.42 Å². The van der Waals surface area contributed by atoms with Crippen LogP contribution in [0.5, 0.6) is 0 Å².